The summed E-state index contributed by atoms with van der Waals surface area (Å²) in [7, 11) is 0. The smallest absolute Gasteiger partial charge is 0.313 e. The number of aliphatic carboxylic acids is 1. The summed E-state index contributed by atoms with van der Waals surface area (Å²) in [5.74, 6) is -2.32. The Labute approximate surface area is 133 Å². The molecular formula is C15H20O6S. The number of rotatable bonds is 5. The highest BCUT2D eigenvalue weighted by Crippen LogP contribution is 2.41. The summed E-state index contributed by atoms with van der Waals surface area (Å²) in [6, 6.07) is 4.35. The molecule has 7 heteroatoms. The van der Waals surface area contributed by atoms with E-state index in [4.69, 9.17) is 14.6 Å². The molecule has 1 fully saturated rings. The number of aromatic hydroxyl groups is 2. The van der Waals surface area contributed by atoms with Gasteiger partial charge in [-0.2, -0.15) is 0 Å². The Balaban J connectivity index is 2.24. The van der Waals surface area contributed by atoms with Crippen molar-refractivity contribution in [3.05, 3.63) is 23.8 Å². The molecule has 3 N–H and O–H groups in total. The zero-order valence-electron chi connectivity index (χ0n) is 12.5. The third kappa shape index (κ3) is 3.85. The highest BCUT2D eigenvalue weighted by molar-refractivity contribution is 7.99. The minimum Gasteiger partial charge on any atom is -0.504 e. The lowest BCUT2D eigenvalue weighted by atomic mass is 9.93. The summed E-state index contributed by atoms with van der Waals surface area (Å²) >= 11 is 1.18. The van der Waals surface area contributed by atoms with Crippen LogP contribution >= 0.6 is 11.8 Å². The van der Waals surface area contributed by atoms with Crippen molar-refractivity contribution in [3.8, 4) is 11.5 Å². The minimum atomic E-state index is -1.12. The second kappa shape index (κ2) is 6.36. The second-order valence-corrected chi connectivity index (χ2v) is 7.07. The normalized spacial score (nSPS) is 19.7. The molecular weight excluding hydrogens is 308 g/mol. The Hall–Kier alpha value is -1.44. The summed E-state index contributed by atoms with van der Waals surface area (Å²) in [6.07, 6.45) is 0. The molecule has 0 unspecified atom stereocenters. The highest BCUT2D eigenvalue weighted by Gasteiger charge is 2.42. The van der Waals surface area contributed by atoms with Crippen molar-refractivity contribution >= 4 is 17.7 Å². The molecule has 1 saturated heterocycles. The van der Waals surface area contributed by atoms with Crippen LogP contribution in [0.25, 0.3) is 0 Å². The van der Waals surface area contributed by atoms with Crippen molar-refractivity contribution < 1.29 is 29.6 Å². The monoisotopic (exact) mass is 328 g/mol. The molecule has 22 heavy (non-hydrogen) atoms. The predicted octanol–water partition coefficient (Wildman–Crippen LogP) is 2.14. The minimum absolute atomic E-state index is 0.0675. The molecule has 1 aromatic rings. The number of thioether (sulfide) groups is 1. The van der Waals surface area contributed by atoms with Crippen LogP contribution in [0.15, 0.2) is 18.2 Å². The van der Waals surface area contributed by atoms with Crippen molar-refractivity contribution in [3.63, 3.8) is 0 Å². The molecule has 1 aromatic carbocycles. The second-order valence-electron chi connectivity index (χ2n) is 6.08. The van der Waals surface area contributed by atoms with Gasteiger partial charge in [0.05, 0.1) is 24.7 Å². The number of ether oxygens (including phenoxy) is 2. The first-order valence-corrected chi connectivity index (χ1v) is 7.99. The first-order chi connectivity index (χ1) is 10.2. The molecule has 1 aliphatic heterocycles. The number of phenolic OH excluding ortho intramolecular Hbond substituents is 2. The topological polar surface area (TPSA) is 96.2 Å². The first kappa shape index (κ1) is 16.9. The molecule has 0 atom stereocenters. The van der Waals surface area contributed by atoms with Crippen molar-refractivity contribution in [1.29, 1.82) is 0 Å². The molecule has 122 valence electrons. The standard InChI is InChI=1S/C15H20O6S/c1-14(2)7-20-15(21-8-14,9-22-6-13(18)19)10-3-4-11(16)12(17)5-10/h3-5,16-17H,6-9H2,1-2H3,(H,18,19). The van der Waals surface area contributed by atoms with Gasteiger partial charge in [-0.3, -0.25) is 4.79 Å². The van der Waals surface area contributed by atoms with Crippen LogP contribution < -0.4 is 0 Å². The number of hydrogen-bond acceptors (Lipinski definition) is 6. The largest absolute Gasteiger partial charge is 0.504 e. The third-order valence-electron chi connectivity index (χ3n) is 3.32. The number of carbonyl (C=O) groups is 1. The van der Waals surface area contributed by atoms with Gasteiger partial charge < -0.3 is 24.8 Å². The van der Waals surface area contributed by atoms with Gasteiger partial charge in [0.25, 0.3) is 0 Å². The van der Waals surface area contributed by atoms with Gasteiger partial charge in [0, 0.05) is 11.0 Å². The van der Waals surface area contributed by atoms with Gasteiger partial charge >= 0.3 is 5.97 Å². The maximum atomic E-state index is 10.7. The van der Waals surface area contributed by atoms with Crippen molar-refractivity contribution in [2.75, 3.05) is 24.7 Å². The van der Waals surface area contributed by atoms with E-state index in [-0.39, 0.29) is 28.4 Å². The zero-order chi connectivity index (χ0) is 16.4. The molecule has 1 aliphatic rings. The number of hydrogen-bond donors (Lipinski definition) is 3. The number of carboxylic acid groups (broad SMARTS) is 1. The van der Waals surface area contributed by atoms with E-state index < -0.39 is 11.8 Å². The van der Waals surface area contributed by atoms with E-state index in [1.54, 1.807) is 6.07 Å². The molecule has 0 bridgehead atoms. The van der Waals surface area contributed by atoms with E-state index in [1.807, 2.05) is 13.8 Å². The molecule has 0 amide bonds. The van der Waals surface area contributed by atoms with Gasteiger partial charge in [0.15, 0.2) is 11.5 Å². The molecule has 0 aliphatic carbocycles. The van der Waals surface area contributed by atoms with Crippen LogP contribution in [0.1, 0.15) is 19.4 Å². The quantitative estimate of drug-likeness (QED) is 0.713. The van der Waals surface area contributed by atoms with Crippen LogP contribution in [-0.2, 0) is 20.1 Å². The van der Waals surface area contributed by atoms with Gasteiger partial charge in [-0.1, -0.05) is 13.8 Å². The Bertz CT molecular complexity index is 547. The summed E-state index contributed by atoms with van der Waals surface area (Å²) in [5.41, 5.74) is 0.413. The molecule has 1 heterocycles. The van der Waals surface area contributed by atoms with Gasteiger partial charge in [-0.05, 0) is 18.2 Å². The van der Waals surface area contributed by atoms with Crippen LogP contribution in [-0.4, -0.2) is 46.0 Å². The maximum Gasteiger partial charge on any atom is 0.313 e. The lowest BCUT2D eigenvalue weighted by Crippen LogP contribution is -2.47. The Morgan fingerprint density at radius 1 is 1.23 bits per heavy atom. The molecule has 0 spiro atoms. The van der Waals surface area contributed by atoms with Gasteiger partial charge in [-0.15, -0.1) is 11.8 Å². The van der Waals surface area contributed by atoms with E-state index in [9.17, 15) is 15.0 Å². The summed E-state index contributed by atoms with van der Waals surface area (Å²) in [5, 5.41) is 27.9. The van der Waals surface area contributed by atoms with E-state index in [0.717, 1.165) is 0 Å². The van der Waals surface area contributed by atoms with Crippen molar-refractivity contribution in [1.82, 2.24) is 0 Å². The Morgan fingerprint density at radius 3 is 2.41 bits per heavy atom. The highest BCUT2D eigenvalue weighted by atomic mass is 32.2. The van der Waals surface area contributed by atoms with Crippen molar-refractivity contribution in [2.45, 2.75) is 19.6 Å². The molecule has 6 nitrogen and oxygen atoms in total. The number of carboxylic acids is 1. The maximum absolute atomic E-state index is 10.7. The van der Waals surface area contributed by atoms with Crippen molar-refractivity contribution in [2.24, 2.45) is 5.41 Å². The van der Waals surface area contributed by atoms with Crippen LogP contribution in [0, 0.1) is 5.41 Å². The SMILES string of the molecule is CC1(C)COC(CSCC(=O)O)(c2ccc(O)c(O)c2)OC1. The van der Waals surface area contributed by atoms with Crippen LogP contribution in [0.3, 0.4) is 0 Å². The van der Waals surface area contributed by atoms with Gasteiger partial charge in [0.1, 0.15) is 0 Å². The molecule has 0 aromatic heterocycles. The average molecular weight is 328 g/mol. The average Bonchev–Trinajstić information content (AvgIpc) is 2.44. The van der Waals surface area contributed by atoms with Gasteiger partial charge in [0.2, 0.25) is 5.79 Å². The first-order valence-electron chi connectivity index (χ1n) is 6.84. The molecule has 2 rings (SSSR count). The van der Waals surface area contributed by atoms with E-state index >= 15 is 0 Å². The van der Waals surface area contributed by atoms with Crippen LogP contribution in [0.4, 0.5) is 0 Å². The van der Waals surface area contributed by atoms with E-state index in [2.05, 4.69) is 0 Å². The lowest BCUT2D eigenvalue weighted by molar-refractivity contribution is -0.295. The lowest BCUT2D eigenvalue weighted by Gasteiger charge is -2.43. The zero-order valence-corrected chi connectivity index (χ0v) is 13.4. The summed E-state index contributed by atoms with van der Waals surface area (Å²) in [4.78, 5) is 10.7. The van der Waals surface area contributed by atoms with E-state index in [0.29, 0.717) is 18.8 Å². The van der Waals surface area contributed by atoms with E-state index in [1.165, 1.54) is 23.9 Å². The summed E-state index contributed by atoms with van der Waals surface area (Å²) in [6.45, 7) is 4.91. The summed E-state index contributed by atoms with van der Waals surface area (Å²) < 4.78 is 11.8. The number of benzene rings is 1. The predicted molar refractivity (Wildman–Crippen MR) is 82.1 cm³/mol. The molecule has 0 radical (unpaired) electrons. The number of phenols is 2. The van der Waals surface area contributed by atoms with Gasteiger partial charge in [-0.25, -0.2) is 0 Å². The fourth-order valence-corrected chi connectivity index (χ4v) is 2.95. The van der Waals surface area contributed by atoms with Crippen LogP contribution in [0.2, 0.25) is 0 Å². The van der Waals surface area contributed by atoms with Crippen LogP contribution in [0.5, 0.6) is 11.5 Å². The Kier molecular flexibility index (Phi) is 4.89. The fourth-order valence-electron chi connectivity index (χ4n) is 2.07. The fraction of sp³-hybridized carbons (Fsp3) is 0.533. The third-order valence-corrected chi connectivity index (χ3v) is 4.36. The molecule has 0 saturated carbocycles. The Morgan fingerprint density at radius 2 is 1.86 bits per heavy atom.